The molecule has 0 aromatic carbocycles. The van der Waals surface area contributed by atoms with Gasteiger partial charge in [-0.3, -0.25) is 0 Å². The quantitative estimate of drug-likeness (QED) is 0.443. The van der Waals surface area contributed by atoms with Gasteiger partial charge in [-0.1, -0.05) is 20.8 Å². The highest BCUT2D eigenvalue weighted by molar-refractivity contribution is 5.50. The van der Waals surface area contributed by atoms with Crippen LogP contribution in [0.2, 0.25) is 0 Å². The largest absolute Gasteiger partial charge is 0.374 e. The Morgan fingerprint density at radius 3 is 2.40 bits per heavy atom. The van der Waals surface area contributed by atoms with Gasteiger partial charge in [0.1, 0.15) is 12.9 Å². The van der Waals surface area contributed by atoms with Gasteiger partial charge in [0.05, 0.1) is 0 Å². The Balaban J connectivity index is 3.12. The van der Waals surface area contributed by atoms with Crippen molar-refractivity contribution >= 4 is 6.29 Å². The summed E-state index contributed by atoms with van der Waals surface area (Å²) in [5.74, 6) is 0. The molecule has 0 fully saturated rings. The van der Waals surface area contributed by atoms with Crippen LogP contribution in [-0.2, 0) is 9.53 Å². The predicted octanol–water partition coefficient (Wildman–Crippen LogP) is 1.64. The van der Waals surface area contributed by atoms with Crippen molar-refractivity contribution in [3.63, 3.8) is 0 Å². The summed E-state index contributed by atoms with van der Waals surface area (Å²) < 4.78 is 4.99. The van der Waals surface area contributed by atoms with Crippen LogP contribution < -0.4 is 0 Å². The average molecular weight is 144 g/mol. The normalized spacial score (nSPS) is 11.5. The SMILES string of the molecule is CC(C)(C)CCOCC=O. The second kappa shape index (κ2) is 4.45. The summed E-state index contributed by atoms with van der Waals surface area (Å²) >= 11 is 0. The van der Waals surface area contributed by atoms with Crippen molar-refractivity contribution in [2.75, 3.05) is 13.2 Å². The van der Waals surface area contributed by atoms with Crippen molar-refractivity contribution < 1.29 is 9.53 Å². The molecular weight excluding hydrogens is 128 g/mol. The second-order valence-corrected chi connectivity index (χ2v) is 3.55. The van der Waals surface area contributed by atoms with E-state index in [2.05, 4.69) is 20.8 Å². The fourth-order valence-electron chi connectivity index (χ4n) is 0.510. The van der Waals surface area contributed by atoms with Crippen LogP contribution in [0.3, 0.4) is 0 Å². The van der Waals surface area contributed by atoms with Gasteiger partial charge in [0.15, 0.2) is 0 Å². The molecule has 0 atom stereocenters. The first-order valence-electron chi connectivity index (χ1n) is 3.57. The molecule has 0 saturated heterocycles. The molecule has 2 nitrogen and oxygen atoms in total. The van der Waals surface area contributed by atoms with E-state index in [4.69, 9.17) is 4.74 Å². The Kier molecular flexibility index (Phi) is 4.28. The molecule has 0 heterocycles. The molecule has 10 heavy (non-hydrogen) atoms. The maximum Gasteiger partial charge on any atom is 0.145 e. The summed E-state index contributed by atoms with van der Waals surface area (Å²) in [5.41, 5.74) is 0.308. The van der Waals surface area contributed by atoms with Crippen LogP contribution >= 0.6 is 0 Å². The third-order valence-corrected chi connectivity index (χ3v) is 1.18. The molecule has 0 radical (unpaired) electrons. The van der Waals surface area contributed by atoms with Crippen LogP contribution in [0.25, 0.3) is 0 Å². The van der Waals surface area contributed by atoms with Gasteiger partial charge < -0.3 is 9.53 Å². The van der Waals surface area contributed by atoms with Gasteiger partial charge >= 0.3 is 0 Å². The van der Waals surface area contributed by atoms with E-state index in [1.54, 1.807) is 0 Å². The zero-order chi connectivity index (χ0) is 8.04. The first-order chi connectivity index (χ1) is 4.56. The van der Waals surface area contributed by atoms with Crippen molar-refractivity contribution in [2.45, 2.75) is 27.2 Å². The topological polar surface area (TPSA) is 26.3 Å². The molecule has 0 bridgehead atoms. The van der Waals surface area contributed by atoms with Crippen LogP contribution in [-0.4, -0.2) is 19.5 Å². The number of rotatable bonds is 4. The third-order valence-electron chi connectivity index (χ3n) is 1.18. The van der Waals surface area contributed by atoms with Crippen LogP contribution in [0.1, 0.15) is 27.2 Å². The Hall–Kier alpha value is -0.370. The lowest BCUT2D eigenvalue weighted by atomic mass is 9.93. The van der Waals surface area contributed by atoms with Crippen LogP contribution in [0.5, 0.6) is 0 Å². The number of hydrogen-bond acceptors (Lipinski definition) is 2. The van der Waals surface area contributed by atoms with E-state index < -0.39 is 0 Å². The summed E-state index contributed by atoms with van der Waals surface area (Å²) in [4.78, 5) is 9.80. The Morgan fingerprint density at radius 1 is 1.40 bits per heavy atom. The molecule has 0 aromatic rings. The van der Waals surface area contributed by atoms with E-state index >= 15 is 0 Å². The number of aldehydes is 1. The highest BCUT2D eigenvalue weighted by atomic mass is 16.5. The van der Waals surface area contributed by atoms with E-state index in [9.17, 15) is 4.79 Å². The van der Waals surface area contributed by atoms with Gasteiger partial charge in [-0.2, -0.15) is 0 Å². The summed E-state index contributed by atoms with van der Waals surface area (Å²) in [5, 5.41) is 0. The molecule has 0 N–H and O–H groups in total. The monoisotopic (exact) mass is 144 g/mol. The summed E-state index contributed by atoms with van der Waals surface area (Å²) in [6.07, 6.45) is 1.78. The number of carbonyl (C=O) groups is 1. The van der Waals surface area contributed by atoms with Crippen molar-refractivity contribution in [2.24, 2.45) is 5.41 Å². The molecule has 0 aliphatic carbocycles. The lowest BCUT2D eigenvalue weighted by molar-refractivity contribution is -0.112. The van der Waals surface area contributed by atoms with Crippen LogP contribution in [0.15, 0.2) is 0 Å². The van der Waals surface area contributed by atoms with Crippen molar-refractivity contribution in [3.05, 3.63) is 0 Å². The van der Waals surface area contributed by atoms with Crippen LogP contribution in [0.4, 0.5) is 0 Å². The molecule has 0 rings (SSSR count). The zero-order valence-corrected chi connectivity index (χ0v) is 7.02. The third kappa shape index (κ3) is 7.63. The Morgan fingerprint density at radius 2 is 2.00 bits per heavy atom. The Labute approximate surface area is 62.6 Å². The number of ether oxygens (including phenoxy) is 1. The molecule has 0 amide bonds. The van der Waals surface area contributed by atoms with E-state index in [1.807, 2.05) is 0 Å². The maximum atomic E-state index is 9.80. The van der Waals surface area contributed by atoms with Gasteiger partial charge in [0.2, 0.25) is 0 Å². The van der Waals surface area contributed by atoms with E-state index in [0.29, 0.717) is 12.0 Å². The van der Waals surface area contributed by atoms with Gasteiger partial charge in [-0.15, -0.1) is 0 Å². The fraction of sp³-hybridized carbons (Fsp3) is 0.875. The van der Waals surface area contributed by atoms with Gasteiger partial charge in [0.25, 0.3) is 0 Å². The van der Waals surface area contributed by atoms with E-state index in [0.717, 1.165) is 12.7 Å². The minimum Gasteiger partial charge on any atom is -0.374 e. The molecule has 0 aromatic heterocycles. The summed E-state index contributed by atoms with van der Waals surface area (Å²) in [6.45, 7) is 7.37. The summed E-state index contributed by atoms with van der Waals surface area (Å²) in [7, 11) is 0. The molecule has 0 aliphatic heterocycles. The first kappa shape index (κ1) is 9.63. The molecule has 2 heteroatoms. The minimum absolute atomic E-state index is 0.232. The molecule has 0 aliphatic rings. The standard InChI is InChI=1S/C8H16O2/c1-8(2,3)4-6-10-7-5-9/h5H,4,6-7H2,1-3H3. The molecule has 60 valence electrons. The minimum atomic E-state index is 0.232. The highest BCUT2D eigenvalue weighted by Gasteiger charge is 2.08. The number of carbonyl (C=O) groups excluding carboxylic acids is 1. The van der Waals surface area contributed by atoms with Crippen molar-refractivity contribution in [1.82, 2.24) is 0 Å². The average Bonchev–Trinajstić information content (AvgIpc) is 1.78. The fourth-order valence-corrected chi connectivity index (χ4v) is 0.510. The van der Waals surface area contributed by atoms with Gasteiger partial charge in [0, 0.05) is 6.61 Å². The second-order valence-electron chi connectivity index (χ2n) is 3.55. The molecule has 0 spiro atoms. The van der Waals surface area contributed by atoms with Gasteiger partial charge in [-0.25, -0.2) is 0 Å². The highest BCUT2D eigenvalue weighted by Crippen LogP contribution is 2.17. The van der Waals surface area contributed by atoms with Crippen LogP contribution in [0, 0.1) is 5.41 Å². The lowest BCUT2D eigenvalue weighted by Gasteiger charge is -2.16. The predicted molar refractivity (Wildman–Crippen MR) is 41.0 cm³/mol. The Bertz CT molecular complexity index is 91.9. The first-order valence-corrected chi connectivity index (χ1v) is 3.57. The van der Waals surface area contributed by atoms with E-state index in [1.165, 1.54) is 0 Å². The lowest BCUT2D eigenvalue weighted by Crippen LogP contribution is -2.10. The van der Waals surface area contributed by atoms with Crippen molar-refractivity contribution in [3.8, 4) is 0 Å². The molecule has 0 unspecified atom stereocenters. The van der Waals surface area contributed by atoms with E-state index in [-0.39, 0.29) is 6.61 Å². The maximum absolute atomic E-state index is 9.80. The van der Waals surface area contributed by atoms with Crippen molar-refractivity contribution in [1.29, 1.82) is 0 Å². The zero-order valence-electron chi connectivity index (χ0n) is 7.02. The van der Waals surface area contributed by atoms with Gasteiger partial charge in [-0.05, 0) is 11.8 Å². The number of hydrogen-bond donors (Lipinski definition) is 0. The smallest absolute Gasteiger partial charge is 0.145 e. The molecule has 0 saturated carbocycles. The molecular formula is C8H16O2. The summed E-state index contributed by atoms with van der Waals surface area (Å²) in [6, 6.07) is 0.